The Hall–Kier alpha value is -1.72. The molecule has 0 bridgehead atoms. The molecule has 0 aromatic carbocycles. The van der Waals surface area contributed by atoms with Crippen molar-refractivity contribution in [3.63, 3.8) is 0 Å². The SMILES string of the molecule is CC(CC1CC(=O)OC1=O)CC1CC(=O)OC1=O. The van der Waals surface area contributed by atoms with Gasteiger partial charge in [-0.3, -0.25) is 19.2 Å². The maximum Gasteiger partial charge on any atom is 0.317 e. The van der Waals surface area contributed by atoms with E-state index < -0.39 is 35.7 Å². The lowest BCUT2D eigenvalue weighted by Crippen LogP contribution is -2.16. The molecule has 0 aromatic rings. The third-order valence-electron chi connectivity index (χ3n) is 3.30. The highest BCUT2D eigenvalue weighted by Gasteiger charge is 2.37. The topological polar surface area (TPSA) is 86.7 Å². The molecule has 6 heteroatoms. The van der Waals surface area contributed by atoms with Gasteiger partial charge in [-0.1, -0.05) is 6.92 Å². The van der Waals surface area contributed by atoms with Crippen molar-refractivity contribution in [2.75, 3.05) is 0 Å². The fourth-order valence-electron chi connectivity index (χ4n) is 2.47. The van der Waals surface area contributed by atoms with Crippen molar-refractivity contribution in [2.45, 2.75) is 32.6 Å². The molecule has 2 saturated heterocycles. The Bertz CT molecular complexity index is 375. The van der Waals surface area contributed by atoms with Gasteiger partial charge < -0.3 is 9.47 Å². The summed E-state index contributed by atoms with van der Waals surface area (Å²) in [6, 6.07) is 0. The van der Waals surface area contributed by atoms with Crippen LogP contribution < -0.4 is 0 Å². The average Bonchev–Trinajstić information content (AvgIpc) is 2.71. The fraction of sp³-hybridized carbons (Fsp3) is 0.667. The van der Waals surface area contributed by atoms with Crippen LogP contribution in [-0.4, -0.2) is 23.9 Å². The summed E-state index contributed by atoms with van der Waals surface area (Å²) in [5, 5.41) is 0. The highest BCUT2D eigenvalue weighted by molar-refractivity contribution is 5.95. The third kappa shape index (κ3) is 2.75. The molecule has 2 heterocycles. The van der Waals surface area contributed by atoms with Crippen LogP contribution in [0.4, 0.5) is 0 Å². The summed E-state index contributed by atoms with van der Waals surface area (Å²) in [4.78, 5) is 44.4. The maximum atomic E-state index is 11.3. The zero-order valence-corrected chi connectivity index (χ0v) is 10.0. The second kappa shape index (κ2) is 4.88. The van der Waals surface area contributed by atoms with E-state index in [4.69, 9.17) is 0 Å². The fourth-order valence-corrected chi connectivity index (χ4v) is 2.47. The van der Waals surface area contributed by atoms with Gasteiger partial charge in [-0.2, -0.15) is 0 Å². The van der Waals surface area contributed by atoms with Crippen LogP contribution in [0.5, 0.6) is 0 Å². The summed E-state index contributed by atoms with van der Waals surface area (Å²) in [6.07, 6.45) is 1.19. The number of ether oxygens (including phenoxy) is 2. The first-order valence-corrected chi connectivity index (χ1v) is 5.94. The van der Waals surface area contributed by atoms with Gasteiger partial charge in [-0.25, -0.2) is 0 Å². The summed E-state index contributed by atoms with van der Waals surface area (Å²) in [5.74, 6) is -2.74. The zero-order chi connectivity index (χ0) is 13.3. The Morgan fingerprint density at radius 1 is 0.944 bits per heavy atom. The minimum atomic E-state index is -0.493. The van der Waals surface area contributed by atoms with Gasteiger partial charge in [0.05, 0.1) is 24.7 Å². The van der Waals surface area contributed by atoms with Crippen molar-refractivity contribution in [3.8, 4) is 0 Å². The van der Waals surface area contributed by atoms with Crippen LogP contribution in [-0.2, 0) is 28.7 Å². The van der Waals surface area contributed by atoms with E-state index in [1.54, 1.807) is 0 Å². The first kappa shape index (κ1) is 12.7. The van der Waals surface area contributed by atoms with Crippen LogP contribution in [0.25, 0.3) is 0 Å². The summed E-state index contributed by atoms with van der Waals surface area (Å²) < 4.78 is 8.92. The molecule has 0 aromatic heterocycles. The van der Waals surface area contributed by atoms with Crippen molar-refractivity contribution in [3.05, 3.63) is 0 Å². The molecule has 0 spiro atoms. The van der Waals surface area contributed by atoms with Gasteiger partial charge in [0.25, 0.3) is 0 Å². The number of carbonyl (C=O) groups excluding carboxylic acids is 4. The predicted molar refractivity (Wildman–Crippen MR) is 56.8 cm³/mol. The molecular formula is C12H14O6. The molecular weight excluding hydrogens is 240 g/mol. The largest absolute Gasteiger partial charge is 0.393 e. The summed E-state index contributed by atoms with van der Waals surface area (Å²) in [6.45, 7) is 1.88. The van der Waals surface area contributed by atoms with Crippen LogP contribution in [0.1, 0.15) is 32.6 Å². The Labute approximate surface area is 104 Å². The van der Waals surface area contributed by atoms with Gasteiger partial charge in [0.2, 0.25) is 0 Å². The standard InChI is InChI=1S/C12H14O6/c1-6(2-7-4-9(13)17-11(7)15)3-8-5-10(14)18-12(8)16/h6-8H,2-5H2,1H3. The number of hydrogen-bond acceptors (Lipinski definition) is 6. The van der Waals surface area contributed by atoms with Crippen LogP contribution in [0, 0.1) is 17.8 Å². The molecule has 6 nitrogen and oxygen atoms in total. The van der Waals surface area contributed by atoms with Gasteiger partial charge in [-0.15, -0.1) is 0 Å². The Morgan fingerprint density at radius 3 is 1.61 bits per heavy atom. The molecule has 2 fully saturated rings. The van der Waals surface area contributed by atoms with Gasteiger partial charge in [0, 0.05) is 0 Å². The van der Waals surface area contributed by atoms with E-state index in [9.17, 15) is 19.2 Å². The molecule has 0 radical (unpaired) electrons. The molecule has 2 atom stereocenters. The number of esters is 4. The minimum absolute atomic E-state index is 0.0527. The van der Waals surface area contributed by atoms with E-state index >= 15 is 0 Å². The highest BCUT2D eigenvalue weighted by atomic mass is 16.6. The summed E-state index contributed by atoms with van der Waals surface area (Å²) in [7, 11) is 0. The van der Waals surface area contributed by atoms with E-state index in [1.807, 2.05) is 6.92 Å². The molecule has 2 unspecified atom stereocenters. The van der Waals surface area contributed by atoms with Crippen LogP contribution >= 0.6 is 0 Å². The number of hydrogen-bond donors (Lipinski definition) is 0. The van der Waals surface area contributed by atoms with Crippen LogP contribution in [0.2, 0.25) is 0 Å². The lowest BCUT2D eigenvalue weighted by molar-refractivity contribution is -0.154. The minimum Gasteiger partial charge on any atom is -0.393 e. The first-order valence-electron chi connectivity index (χ1n) is 5.94. The molecule has 0 amide bonds. The number of carbonyl (C=O) groups is 4. The molecule has 2 aliphatic rings. The molecule has 0 aliphatic carbocycles. The number of rotatable bonds is 4. The van der Waals surface area contributed by atoms with Crippen molar-refractivity contribution in [1.29, 1.82) is 0 Å². The van der Waals surface area contributed by atoms with Gasteiger partial charge >= 0.3 is 23.9 Å². The summed E-state index contributed by atoms with van der Waals surface area (Å²) >= 11 is 0. The second-order valence-electron chi connectivity index (χ2n) is 4.96. The van der Waals surface area contributed by atoms with Crippen molar-refractivity contribution >= 4 is 23.9 Å². The number of cyclic esters (lactones) is 4. The molecule has 2 aliphatic heterocycles. The lowest BCUT2D eigenvalue weighted by atomic mass is 9.87. The lowest BCUT2D eigenvalue weighted by Gasteiger charge is -2.15. The van der Waals surface area contributed by atoms with Crippen molar-refractivity contribution in [1.82, 2.24) is 0 Å². The van der Waals surface area contributed by atoms with Crippen LogP contribution in [0.3, 0.4) is 0 Å². The van der Waals surface area contributed by atoms with E-state index in [1.165, 1.54) is 0 Å². The molecule has 98 valence electrons. The van der Waals surface area contributed by atoms with Gasteiger partial charge in [0.15, 0.2) is 0 Å². The van der Waals surface area contributed by atoms with Gasteiger partial charge in [0.1, 0.15) is 0 Å². The van der Waals surface area contributed by atoms with E-state index in [-0.39, 0.29) is 18.8 Å². The second-order valence-corrected chi connectivity index (χ2v) is 4.96. The van der Waals surface area contributed by atoms with Crippen molar-refractivity contribution < 1.29 is 28.7 Å². The van der Waals surface area contributed by atoms with Crippen molar-refractivity contribution in [2.24, 2.45) is 17.8 Å². The van der Waals surface area contributed by atoms with E-state index in [0.29, 0.717) is 12.8 Å². The van der Waals surface area contributed by atoms with Gasteiger partial charge in [-0.05, 0) is 18.8 Å². The quantitative estimate of drug-likeness (QED) is 0.538. The Kier molecular flexibility index (Phi) is 3.45. The van der Waals surface area contributed by atoms with E-state index in [2.05, 4.69) is 9.47 Å². The molecule has 0 saturated carbocycles. The average molecular weight is 254 g/mol. The first-order chi connectivity index (χ1) is 8.45. The maximum absolute atomic E-state index is 11.3. The predicted octanol–water partition coefficient (Wildman–Crippen LogP) is 0.582. The van der Waals surface area contributed by atoms with Crippen LogP contribution in [0.15, 0.2) is 0 Å². The summed E-state index contributed by atoms with van der Waals surface area (Å²) in [5.41, 5.74) is 0. The Balaban J connectivity index is 1.84. The normalized spacial score (nSPS) is 29.4. The monoisotopic (exact) mass is 254 g/mol. The smallest absolute Gasteiger partial charge is 0.317 e. The van der Waals surface area contributed by atoms with E-state index in [0.717, 1.165) is 0 Å². The molecule has 18 heavy (non-hydrogen) atoms. The zero-order valence-electron chi connectivity index (χ0n) is 10.0. The molecule has 2 rings (SSSR count). The Morgan fingerprint density at radius 2 is 1.33 bits per heavy atom. The third-order valence-corrected chi connectivity index (χ3v) is 3.30. The highest BCUT2D eigenvalue weighted by Crippen LogP contribution is 2.30. The molecule has 0 N–H and O–H groups in total.